The molecule has 0 aliphatic rings. The highest BCUT2D eigenvalue weighted by atomic mass is 35.5. The Bertz CT molecular complexity index is 1410. The Morgan fingerprint density at radius 3 is 2.33 bits per heavy atom. The van der Waals surface area contributed by atoms with Gasteiger partial charge in [-0.25, -0.2) is 4.98 Å². The number of hydrogen-bond donors (Lipinski definition) is 0. The summed E-state index contributed by atoms with van der Waals surface area (Å²) in [6.07, 6.45) is 1.26. The summed E-state index contributed by atoms with van der Waals surface area (Å²) in [4.78, 5) is 30.8. The van der Waals surface area contributed by atoms with Crippen LogP contribution in [0.25, 0.3) is 0 Å². The fraction of sp³-hybridized carbons (Fsp3) is 0.360. The number of aryl methyl sites for hydroxylation is 1. The number of thiophene rings is 1. The molecule has 3 aromatic rings. The number of alkyl halides is 2. The fourth-order valence-corrected chi connectivity index (χ4v) is 6.87. The van der Waals surface area contributed by atoms with Crippen LogP contribution < -0.4 is 14.0 Å². The maximum Gasteiger partial charge on any atom is 0.329 e. The molecule has 0 aliphatic heterocycles. The predicted molar refractivity (Wildman–Crippen MR) is 157 cm³/mol. The van der Waals surface area contributed by atoms with Crippen LogP contribution in [0, 0.1) is 17.0 Å². The first kappa shape index (κ1) is 31.6. The number of halogens is 2. The third-order valence-corrected chi connectivity index (χ3v) is 8.81. The van der Waals surface area contributed by atoms with Gasteiger partial charge >= 0.3 is 15.1 Å². The number of aromatic nitrogens is 1. The van der Waals surface area contributed by atoms with Crippen molar-refractivity contribution < 1.29 is 27.1 Å². The van der Waals surface area contributed by atoms with E-state index in [1.165, 1.54) is 54.9 Å². The minimum Gasteiger partial charge on any atom is -0.382 e. The summed E-state index contributed by atoms with van der Waals surface area (Å²) in [5.41, 5.74) is 1.31. The Balaban J connectivity index is 2.02. The van der Waals surface area contributed by atoms with Crippen molar-refractivity contribution in [3.63, 3.8) is 0 Å². The Labute approximate surface area is 246 Å². The number of methoxy groups -OCH3 is 1. The monoisotopic (exact) mass is 630 g/mol. The third-order valence-electron chi connectivity index (χ3n) is 5.90. The number of ether oxygens (including phenoxy) is 1. The molecule has 1 atom stereocenters. The quantitative estimate of drug-likeness (QED) is 0.107. The Morgan fingerprint density at radius 1 is 1.15 bits per heavy atom. The number of carbonyl (C=O) groups is 1. The van der Waals surface area contributed by atoms with Gasteiger partial charge in [0.2, 0.25) is 0 Å². The normalized spacial score (nSPS) is 12.1. The van der Waals surface area contributed by atoms with E-state index in [4.69, 9.17) is 32.1 Å². The molecule has 40 heavy (non-hydrogen) atoms. The van der Waals surface area contributed by atoms with Crippen LogP contribution in [-0.4, -0.2) is 69.8 Å². The van der Waals surface area contributed by atoms with Crippen molar-refractivity contribution in [1.29, 1.82) is 0 Å². The van der Waals surface area contributed by atoms with Gasteiger partial charge in [0.25, 0.3) is 5.91 Å². The van der Waals surface area contributed by atoms with E-state index in [1.807, 2.05) is 4.90 Å². The van der Waals surface area contributed by atoms with Crippen LogP contribution in [-0.2, 0) is 19.6 Å². The summed E-state index contributed by atoms with van der Waals surface area (Å²) in [5.74, 6) is 0.669. The van der Waals surface area contributed by atoms with Gasteiger partial charge in [0.15, 0.2) is 5.25 Å². The zero-order valence-corrected chi connectivity index (χ0v) is 25.1. The number of benzene rings is 1. The summed E-state index contributed by atoms with van der Waals surface area (Å²) in [6, 6.07) is 9.25. The van der Waals surface area contributed by atoms with Crippen molar-refractivity contribution in [3.05, 3.63) is 74.8 Å². The second kappa shape index (κ2) is 14.1. The molecule has 0 bridgehead atoms. The van der Waals surface area contributed by atoms with Crippen molar-refractivity contribution in [2.75, 3.05) is 55.4 Å². The molecule has 0 aliphatic carbocycles. The molecule has 1 aromatic carbocycles. The number of anilines is 2. The van der Waals surface area contributed by atoms with Gasteiger partial charge in [-0.1, -0.05) is 17.4 Å². The van der Waals surface area contributed by atoms with E-state index < -0.39 is 20.3 Å². The number of nitrogens with zero attached hydrogens (tertiary/aromatic N) is 4. The lowest BCUT2D eigenvalue weighted by Gasteiger charge is -2.23. The molecule has 0 fully saturated rings. The minimum atomic E-state index is -4.54. The molecule has 11 nitrogen and oxygen atoms in total. The summed E-state index contributed by atoms with van der Waals surface area (Å²) in [6.45, 7) is 2.52. The molecule has 0 radical (unpaired) electrons. The van der Waals surface area contributed by atoms with E-state index in [1.54, 1.807) is 19.1 Å². The second-order valence-corrected chi connectivity index (χ2v) is 11.8. The van der Waals surface area contributed by atoms with Gasteiger partial charge in [-0.05, 0) is 48.4 Å². The summed E-state index contributed by atoms with van der Waals surface area (Å²) < 4.78 is 37.9. The highest BCUT2D eigenvalue weighted by Crippen LogP contribution is 2.42. The average Bonchev–Trinajstić information content (AvgIpc) is 3.30. The molecule has 216 valence electrons. The van der Waals surface area contributed by atoms with Crippen LogP contribution in [0.1, 0.15) is 21.9 Å². The summed E-state index contributed by atoms with van der Waals surface area (Å²) in [5, 5.41) is 11.5. The van der Waals surface area contributed by atoms with Gasteiger partial charge in [-0.3, -0.25) is 19.8 Å². The zero-order chi connectivity index (χ0) is 29.4. The molecule has 3 rings (SSSR count). The SMILES string of the molecule is COCC(=O)N(C)c1ccc(C(c2c(C)csc2[N+](=O)[O-])S(=O)(=O)Oc2ccc(N(CCCl)CCCl)cc2)cn1. The Morgan fingerprint density at radius 2 is 1.80 bits per heavy atom. The average molecular weight is 632 g/mol. The topological polar surface area (TPSA) is 132 Å². The van der Waals surface area contributed by atoms with Crippen LogP contribution in [0.15, 0.2) is 48.0 Å². The number of hydrogen-bond acceptors (Lipinski definition) is 10. The number of amides is 1. The molecule has 2 aromatic heterocycles. The number of rotatable bonds is 14. The number of likely N-dealkylation sites (N-methyl/N-ethyl adjacent to an activating group) is 1. The van der Waals surface area contributed by atoms with E-state index in [2.05, 4.69) is 4.98 Å². The summed E-state index contributed by atoms with van der Waals surface area (Å²) in [7, 11) is -1.65. The van der Waals surface area contributed by atoms with Crippen molar-refractivity contribution in [2.45, 2.75) is 12.2 Å². The fourth-order valence-electron chi connectivity index (χ4n) is 3.95. The largest absolute Gasteiger partial charge is 0.382 e. The predicted octanol–water partition coefficient (Wildman–Crippen LogP) is 4.75. The summed E-state index contributed by atoms with van der Waals surface area (Å²) >= 11 is 12.6. The highest BCUT2D eigenvalue weighted by Gasteiger charge is 2.39. The first-order valence-corrected chi connectivity index (χ1v) is 15.3. The Hall–Kier alpha value is -2.97. The number of carbonyl (C=O) groups excluding carboxylic acids is 1. The highest BCUT2D eigenvalue weighted by molar-refractivity contribution is 7.87. The molecule has 1 amide bonds. The smallest absolute Gasteiger partial charge is 0.329 e. The molecule has 1 unspecified atom stereocenters. The van der Waals surface area contributed by atoms with Crippen LogP contribution in [0.5, 0.6) is 5.75 Å². The van der Waals surface area contributed by atoms with Crippen LogP contribution in [0.3, 0.4) is 0 Å². The van der Waals surface area contributed by atoms with E-state index in [0.29, 0.717) is 30.4 Å². The van der Waals surface area contributed by atoms with Gasteiger partial charge < -0.3 is 13.8 Å². The number of nitro groups is 1. The van der Waals surface area contributed by atoms with Crippen molar-refractivity contribution in [2.24, 2.45) is 0 Å². The van der Waals surface area contributed by atoms with Gasteiger partial charge in [0, 0.05) is 56.3 Å². The lowest BCUT2D eigenvalue weighted by Crippen LogP contribution is -2.30. The molecule has 0 saturated carbocycles. The van der Waals surface area contributed by atoms with Crippen molar-refractivity contribution >= 4 is 67.1 Å². The van der Waals surface area contributed by atoms with Gasteiger partial charge in [-0.15, -0.1) is 23.2 Å². The Kier molecular flexibility index (Phi) is 11.1. The second-order valence-electron chi connectivity index (χ2n) is 8.55. The molecule has 2 heterocycles. The molecule has 15 heteroatoms. The van der Waals surface area contributed by atoms with Gasteiger partial charge in [-0.2, -0.15) is 8.42 Å². The molecule has 0 saturated heterocycles. The van der Waals surface area contributed by atoms with E-state index in [-0.39, 0.29) is 40.2 Å². The molecule has 0 spiro atoms. The standard InChI is InChI=1S/C25H28Cl2N4O7S2/c1-17-16-39-25(31(33)34)23(17)24(18-4-9-21(28-14-18)29(2)22(32)15-37-3)40(35,36)38-20-7-5-19(6-8-20)30(12-10-26)13-11-27/h4-9,14,16,24H,10-13,15H2,1-3H3. The van der Waals surface area contributed by atoms with Gasteiger partial charge in [0.05, 0.1) is 10.5 Å². The molecule has 0 N–H and O–H groups in total. The van der Waals surface area contributed by atoms with Crippen LogP contribution in [0.2, 0.25) is 0 Å². The molecular formula is C25H28Cl2N4O7S2. The van der Waals surface area contributed by atoms with E-state index in [0.717, 1.165) is 17.0 Å². The third kappa shape index (κ3) is 7.40. The maximum atomic E-state index is 13.8. The maximum absolute atomic E-state index is 13.8. The van der Waals surface area contributed by atoms with E-state index in [9.17, 15) is 23.3 Å². The molecular weight excluding hydrogens is 603 g/mol. The lowest BCUT2D eigenvalue weighted by molar-refractivity contribution is -0.380. The van der Waals surface area contributed by atoms with Crippen LogP contribution in [0.4, 0.5) is 16.5 Å². The van der Waals surface area contributed by atoms with Gasteiger partial charge in [0.1, 0.15) is 18.2 Å². The lowest BCUT2D eigenvalue weighted by atomic mass is 10.0. The first-order chi connectivity index (χ1) is 19.0. The van der Waals surface area contributed by atoms with Crippen molar-refractivity contribution in [3.8, 4) is 5.75 Å². The van der Waals surface area contributed by atoms with Crippen LogP contribution >= 0.6 is 34.5 Å². The van der Waals surface area contributed by atoms with Crippen molar-refractivity contribution in [1.82, 2.24) is 4.98 Å². The van der Waals surface area contributed by atoms with E-state index >= 15 is 0 Å². The zero-order valence-electron chi connectivity index (χ0n) is 22.0. The number of pyridine rings is 1. The first-order valence-electron chi connectivity index (χ1n) is 11.9. The minimum absolute atomic E-state index is 0.0135.